The van der Waals surface area contributed by atoms with E-state index < -0.39 is 5.82 Å². The van der Waals surface area contributed by atoms with Crippen molar-refractivity contribution in [2.24, 2.45) is 0 Å². The predicted molar refractivity (Wildman–Crippen MR) is 55.8 cm³/mol. The van der Waals surface area contributed by atoms with Gasteiger partial charge in [0.1, 0.15) is 10.2 Å². The van der Waals surface area contributed by atoms with Gasteiger partial charge in [-0.05, 0) is 22.0 Å². The molecule has 84 valence electrons. The molecule has 0 unspecified atom stereocenters. The van der Waals surface area contributed by atoms with E-state index in [9.17, 15) is 4.39 Å². The topological polar surface area (TPSA) is 50.7 Å². The van der Waals surface area contributed by atoms with Crippen molar-refractivity contribution >= 4 is 15.9 Å². The zero-order chi connectivity index (χ0) is 11.4. The first-order chi connectivity index (χ1) is 7.15. The molecule has 0 aliphatic heterocycles. The molecule has 0 spiro atoms. The van der Waals surface area contributed by atoms with Crippen LogP contribution in [0, 0.1) is 5.82 Å². The summed E-state index contributed by atoms with van der Waals surface area (Å²) in [6.45, 7) is 0.0860. The summed E-state index contributed by atoms with van der Waals surface area (Å²) < 4.78 is 23.8. The van der Waals surface area contributed by atoms with Crippen LogP contribution in [-0.4, -0.2) is 19.4 Å². The Balaban J connectivity index is 3.30. The second-order valence-corrected chi connectivity index (χ2v) is 3.53. The van der Waals surface area contributed by atoms with Gasteiger partial charge in [-0.2, -0.15) is 0 Å². The fourth-order valence-electron chi connectivity index (χ4n) is 1.26. The van der Waals surface area contributed by atoms with E-state index >= 15 is 0 Å². The van der Waals surface area contributed by atoms with Crippen LogP contribution in [0.4, 0.5) is 4.39 Å². The van der Waals surface area contributed by atoms with Crippen LogP contribution in [0.5, 0.6) is 11.5 Å². The van der Waals surface area contributed by atoms with Crippen LogP contribution in [-0.2, 0) is 6.54 Å². The summed E-state index contributed by atoms with van der Waals surface area (Å²) >= 11 is 3.17. The maximum absolute atomic E-state index is 13.4. The lowest BCUT2D eigenvalue weighted by atomic mass is 10.2. The predicted octanol–water partition coefficient (Wildman–Crippen LogP) is 2.08. The molecule has 0 saturated heterocycles. The van der Waals surface area contributed by atoms with Crippen molar-refractivity contribution in [3.8, 4) is 11.5 Å². The molecule has 0 amide bonds. The van der Waals surface area contributed by atoms with Crippen molar-refractivity contribution in [3.05, 3.63) is 21.9 Å². The highest BCUT2D eigenvalue weighted by atomic mass is 79.9. The number of hydrogen-bond donors (Lipinski definition) is 2. The van der Waals surface area contributed by atoms with Crippen molar-refractivity contribution in [1.82, 2.24) is 5.48 Å². The molecule has 6 heteroatoms. The summed E-state index contributed by atoms with van der Waals surface area (Å²) in [5.74, 6) is -0.0150. The van der Waals surface area contributed by atoms with Gasteiger partial charge in [-0.1, -0.05) is 0 Å². The second-order valence-electron chi connectivity index (χ2n) is 2.73. The fraction of sp³-hybridized carbons (Fsp3) is 0.333. The van der Waals surface area contributed by atoms with Crippen molar-refractivity contribution in [2.45, 2.75) is 6.54 Å². The summed E-state index contributed by atoms with van der Waals surface area (Å²) in [6.07, 6.45) is 0. The second kappa shape index (κ2) is 5.29. The van der Waals surface area contributed by atoms with Gasteiger partial charge in [0.25, 0.3) is 0 Å². The summed E-state index contributed by atoms with van der Waals surface area (Å²) in [7, 11) is 2.82. The van der Waals surface area contributed by atoms with Gasteiger partial charge >= 0.3 is 0 Å². The summed E-state index contributed by atoms with van der Waals surface area (Å²) in [6, 6.07) is 1.24. The fourth-order valence-corrected chi connectivity index (χ4v) is 2.03. The summed E-state index contributed by atoms with van der Waals surface area (Å²) in [5.41, 5.74) is 2.43. The van der Waals surface area contributed by atoms with E-state index in [1.807, 2.05) is 5.48 Å². The Morgan fingerprint density at radius 1 is 1.40 bits per heavy atom. The van der Waals surface area contributed by atoms with Gasteiger partial charge in [0.15, 0.2) is 11.6 Å². The van der Waals surface area contributed by atoms with Crippen molar-refractivity contribution < 1.29 is 19.1 Å². The normalized spacial score (nSPS) is 10.2. The number of benzene rings is 1. The molecule has 0 atom stereocenters. The quantitative estimate of drug-likeness (QED) is 0.829. The standard InChI is InChI=1S/C9H11BrFNO3/c1-14-8-5(4-12-13)3-6(11)9(15-2)7(8)10/h3,12-13H,4H2,1-2H3. The summed E-state index contributed by atoms with van der Waals surface area (Å²) in [4.78, 5) is 0. The molecule has 0 fully saturated rings. The third-order valence-electron chi connectivity index (χ3n) is 1.89. The largest absolute Gasteiger partial charge is 0.495 e. The molecule has 0 bridgehead atoms. The number of halogens is 2. The van der Waals surface area contributed by atoms with Gasteiger partial charge < -0.3 is 14.7 Å². The lowest BCUT2D eigenvalue weighted by molar-refractivity contribution is 0.160. The smallest absolute Gasteiger partial charge is 0.172 e. The van der Waals surface area contributed by atoms with E-state index in [4.69, 9.17) is 14.7 Å². The Hall–Kier alpha value is -0.850. The Bertz CT molecular complexity index is 360. The van der Waals surface area contributed by atoms with Crippen LogP contribution in [0.15, 0.2) is 10.5 Å². The van der Waals surface area contributed by atoms with Gasteiger partial charge in [-0.15, -0.1) is 0 Å². The van der Waals surface area contributed by atoms with Gasteiger partial charge in [0.05, 0.1) is 14.2 Å². The number of rotatable bonds is 4. The lowest BCUT2D eigenvalue weighted by Crippen LogP contribution is -2.09. The Labute approximate surface area is 95.1 Å². The highest BCUT2D eigenvalue weighted by molar-refractivity contribution is 9.10. The van der Waals surface area contributed by atoms with Crippen molar-refractivity contribution in [3.63, 3.8) is 0 Å². The first-order valence-corrected chi connectivity index (χ1v) is 4.90. The highest BCUT2D eigenvalue weighted by Crippen LogP contribution is 2.39. The van der Waals surface area contributed by atoms with Gasteiger partial charge in [-0.25, -0.2) is 9.87 Å². The molecular weight excluding hydrogens is 269 g/mol. The minimum absolute atomic E-state index is 0.0774. The lowest BCUT2D eigenvalue weighted by Gasteiger charge is -2.13. The maximum atomic E-state index is 13.4. The monoisotopic (exact) mass is 279 g/mol. The van der Waals surface area contributed by atoms with E-state index in [0.717, 1.165) is 0 Å². The van der Waals surface area contributed by atoms with Gasteiger partial charge in [0.2, 0.25) is 0 Å². The molecule has 0 radical (unpaired) electrons. The molecule has 1 aromatic rings. The average Bonchev–Trinajstić information content (AvgIpc) is 2.19. The van der Waals surface area contributed by atoms with E-state index in [1.165, 1.54) is 20.3 Å². The van der Waals surface area contributed by atoms with Crippen molar-refractivity contribution in [2.75, 3.05) is 14.2 Å². The van der Waals surface area contributed by atoms with Crippen LogP contribution in [0.3, 0.4) is 0 Å². The van der Waals surface area contributed by atoms with Gasteiger partial charge in [0, 0.05) is 12.1 Å². The molecule has 1 rings (SSSR count). The molecule has 2 N–H and O–H groups in total. The van der Waals surface area contributed by atoms with Crippen LogP contribution in [0.2, 0.25) is 0 Å². The molecule has 0 saturated carbocycles. The van der Waals surface area contributed by atoms with Crippen LogP contribution >= 0.6 is 15.9 Å². The Morgan fingerprint density at radius 2 is 2.00 bits per heavy atom. The molecule has 4 nitrogen and oxygen atoms in total. The molecule has 0 heterocycles. The van der Waals surface area contributed by atoms with Crippen LogP contribution < -0.4 is 15.0 Å². The van der Waals surface area contributed by atoms with E-state index in [-0.39, 0.29) is 12.3 Å². The zero-order valence-corrected chi connectivity index (χ0v) is 9.89. The van der Waals surface area contributed by atoms with Gasteiger partial charge in [-0.3, -0.25) is 0 Å². The van der Waals surface area contributed by atoms with E-state index in [1.54, 1.807) is 0 Å². The highest BCUT2D eigenvalue weighted by Gasteiger charge is 2.17. The Morgan fingerprint density at radius 3 is 2.47 bits per heavy atom. The minimum Gasteiger partial charge on any atom is -0.495 e. The molecule has 0 aromatic heterocycles. The van der Waals surface area contributed by atoms with Crippen LogP contribution in [0.1, 0.15) is 5.56 Å². The average molecular weight is 280 g/mol. The SMILES string of the molecule is COc1c(F)cc(CNO)c(OC)c1Br. The van der Waals surface area contributed by atoms with Crippen LogP contribution in [0.25, 0.3) is 0 Å². The Kier molecular flexibility index (Phi) is 4.31. The number of nitrogens with one attached hydrogen (secondary N) is 1. The molecule has 1 aromatic carbocycles. The third kappa shape index (κ3) is 2.39. The third-order valence-corrected chi connectivity index (χ3v) is 2.61. The first-order valence-electron chi connectivity index (χ1n) is 4.11. The maximum Gasteiger partial charge on any atom is 0.172 e. The molecule has 0 aliphatic carbocycles. The first kappa shape index (κ1) is 12.2. The number of ether oxygens (including phenoxy) is 2. The number of hydroxylamine groups is 1. The van der Waals surface area contributed by atoms with E-state index in [0.29, 0.717) is 15.8 Å². The number of methoxy groups -OCH3 is 2. The molecular formula is C9H11BrFNO3. The zero-order valence-electron chi connectivity index (χ0n) is 8.30. The van der Waals surface area contributed by atoms with Crippen molar-refractivity contribution in [1.29, 1.82) is 0 Å². The van der Waals surface area contributed by atoms with E-state index in [2.05, 4.69) is 15.9 Å². The minimum atomic E-state index is -0.518. The molecule has 15 heavy (non-hydrogen) atoms. The molecule has 0 aliphatic rings. The summed E-state index contributed by atoms with van der Waals surface area (Å²) in [5, 5.41) is 8.57. The number of hydrogen-bond acceptors (Lipinski definition) is 4.